The van der Waals surface area contributed by atoms with Gasteiger partial charge in [-0.05, 0) is 72.7 Å². The predicted molar refractivity (Wildman–Crippen MR) is 183 cm³/mol. The Labute approximate surface area is 278 Å². The Kier molecular flexibility index (Phi) is 11.5. The Morgan fingerprint density at radius 3 is 2.06 bits per heavy atom. The molecule has 0 aliphatic carbocycles. The molecule has 1 N–H and O–H groups in total. The number of hydrogen-bond acceptors (Lipinski definition) is 5. The number of nitrogens with zero attached hydrogens (tertiary/aromatic N) is 2. The smallest absolute Gasteiger partial charge is 0.243 e. The number of nitrogens with one attached hydrogen (secondary N) is 1. The van der Waals surface area contributed by atoms with E-state index in [4.69, 9.17) is 4.74 Å². The van der Waals surface area contributed by atoms with E-state index in [1.165, 1.54) is 4.31 Å². The lowest BCUT2D eigenvalue weighted by Crippen LogP contribution is -2.50. The third kappa shape index (κ3) is 9.08. The summed E-state index contributed by atoms with van der Waals surface area (Å²) in [6, 6.07) is 31.3. The van der Waals surface area contributed by atoms with Crippen LogP contribution in [0.3, 0.4) is 0 Å². The van der Waals surface area contributed by atoms with Crippen LogP contribution in [0.2, 0.25) is 0 Å². The quantitative estimate of drug-likeness (QED) is 0.189. The number of benzene rings is 4. The van der Waals surface area contributed by atoms with Crippen molar-refractivity contribution in [1.82, 2.24) is 14.5 Å². The average molecular weight is 654 g/mol. The lowest BCUT2D eigenvalue weighted by molar-refractivity contribution is -0.141. The summed E-state index contributed by atoms with van der Waals surface area (Å²) in [5, 5.41) is 3.08. The highest BCUT2D eigenvalue weighted by atomic mass is 32.2. The van der Waals surface area contributed by atoms with Crippen LogP contribution in [0, 0.1) is 6.92 Å². The summed E-state index contributed by atoms with van der Waals surface area (Å²) >= 11 is 0. The maximum atomic E-state index is 14.1. The summed E-state index contributed by atoms with van der Waals surface area (Å²) in [5.41, 5.74) is 4.80. The molecule has 1 saturated heterocycles. The zero-order valence-electron chi connectivity index (χ0n) is 27.1. The second kappa shape index (κ2) is 15.9. The number of carbonyl (C=O) groups excluding carboxylic acids is 2. The summed E-state index contributed by atoms with van der Waals surface area (Å²) in [5.74, 6) is 0.312. The number of aryl methyl sites for hydroxylation is 2. The normalized spacial score (nSPS) is 14.0. The van der Waals surface area contributed by atoms with E-state index >= 15 is 0 Å². The number of sulfonamides is 1. The first kappa shape index (κ1) is 33.9. The van der Waals surface area contributed by atoms with Crippen LogP contribution in [0.25, 0.3) is 0 Å². The van der Waals surface area contributed by atoms with Crippen LogP contribution >= 0.6 is 0 Å². The minimum atomic E-state index is -3.51. The molecule has 2 amide bonds. The fourth-order valence-electron chi connectivity index (χ4n) is 5.80. The van der Waals surface area contributed by atoms with Gasteiger partial charge < -0.3 is 15.0 Å². The molecule has 1 fully saturated rings. The van der Waals surface area contributed by atoms with Crippen LogP contribution < -0.4 is 10.1 Å². The van der Waals surface area contributed by atoms with Crippen molar-refractivity contribution in [2.24, 2.45) is 0 Å². The van der Waals surface area contributed by atoms with Gasteiger partial charge in [0.05, 0.1) is 12.0 Å². The molecule has 1 heterocycles. The van der Waals surface area contributed by atoms with Crippen molar-refractivity contribution in [2.75, 3.05) is 20.2 Å². The van der Waals surface area contributed by atoms with Gasteiger partial charge in [0.2, 0.25) is 21.8 Å². The second-order valence-corrected chi connectivity index (χ2v) is 14.0. The number of rotatable bonds is 14. The van der Waals surface area contributed by atoms with E-state index in [2.05, 4.69) is 5.32 Å². The summed E-state index contributed by atoms with van der Waals surface area (Å²) < 4.78 is 32.8. The van der Waals surface area contributed by atoms with Gasteiger partial charge in [0, 0.05) is 39.0 Å². The molecule has 246 valence electrons. The standard InChI is InChI=1S/C38H43N3O5S/c1-29-10-12-32(13-11-29)27-39-38(43)36(26-31-8-4-3-5-9-31)41(28-33-14-19-34(46-2)20-15-33)37(42)23-18-30-16-21-35(22-17-30)47(44,45)40-24-6-7-25-40/h3-5,8-17,19-22,36H,6-7,18,23-28H2,1-2H3,(H,39,43)/t36-/m0/s1. The van der Waals surface area contributed by atoms with Gasteiger partial charge in [0.1, 0.15) is 11.8 Å². The van der Waals surface area contributed by atoms with Crippen LogP contribution in [-0.4, -0.2) is 55.7 Å². The van der Waals surface area contributed by atoms with E-state index in [0.29, 0.717) is 38.2 Å². The highest BCUT2D eigenvalue weighted by Crippen LogP contribution is 2.23. The van der Waals surface area contributed by atoms with Crippen LogP contribution in [0.5, 0.6) is 5.75 Å². The molecule has 9 heteroatoms. The fourth-order valence-corrected chi connectivity index (χ4v) is 7.31. The second-order valence-electron chi connectivity index (χ2n) is 12.0. The molecule has 1 atom stereocenters. The highest BCUT2D eigenvalue weighted by Gasteiger charge is 2.31. The molecule has 0 spiro atoms. The average Bonchev–Trinajstić information content (AvgIpc) is 3.66. The van der Waals surface area contributed by atoms with E-state index in [1.807, 2.05) is 85.8 Å². The van der Waals surface area contributed by atoms with Gasteiger partial charge in [0.15, 0.2) is 0 Å². The van der Waals surface area contributed by atoms with Crippen LogP contribution in [-0.2, 0) is 45.5 Å². The van der Waals surface area contributed by atoms with Gasteiger partial charge in [-0.15, -0.1) is 0 Å². The van der Waals surface area contributed by atoms with E-state index in [0.717, 1.165) is 40.7 Å². The summed E-state index contributed by atoms with van der Waals surface area (Å²) in [6.07, 6.45) is 2.67. The Morgan fingerprint density at radius 1 is 0.809 bits per heavy atom. The maximum Gasteiger partial charge on any atom is 0.243 e. The van der Waals surface area contributed by atoms with Crippen molar-refractivity contribution in [3.63, 3.8) is 0 Å². The molecule has 47 heavy (non-hydrogen) atoms. The summed E-state index contributed by atoms with van der Waals surface area (Å²) in [4.78, 5) is 30.0. The third-order valence-electron chi connectivity index (χ3n) is 8.62. The zero-order valence-corrected chi connectivity index (χ0v) is 27.9. The summed E-state index contributed by atoms with van der Waals surface area (Å²) in [6.45, 7) is 3.70. The maximum absolute atomic E-state index is 14.1. The van der Waals surface area contributed by atoms with Crippen molar-refractivity contribution in [3.05, 3.63) is 131 Å². The van der Waals surface area contributed by atoms with Gasteiger partial charge in [-0.25, -0.2) is 8.42 Å². The largest absolute Gasteiger partial charge is 0.497 e. The first-order valence-electron chi connectivity index (χ1n) is 16.1. The molecular formula is C38H43N3O5S. The molecular weight excluding hydrogens is 611 g/mol. The Morgan fingerprint density at radius 2 is 1.43 bits per heavy atom. The van der Waals surface area contributed by atoms with E-state index < -0.39 is 16.1 Å². The molecule has 0 saturated carbocycles. The monoisotopic (exact) mass is 653 g/mol. The fraction of sp³-hybridized carbons (Fsp3) is 0.316. The molecule has 0 aromatic heterocycles. The molecule has 8 nitrogen and oxygen atoms in total. The van der Waals surface area contributed by atoms with Gasteiger partial charge in [-0.2, -0.15) is 4.31 Å². The highest BCUT2D eigenvalue weighted by molar-refractivity contribution is 7.89. The minimum Gasteiger partial charge on any atom is -0.497 e. The Bertz CT molecular complexity index is 1720. The number of methoxy groups -OCH3 is 1. The molecule has 1 aliphatic heterocycles. The van der Waals surface area contributed by atoms with E-state index in [1.54, 1.807) is 36.3 Å². The number of carbonyl (C=O) groups is 2. The SMILES string of the molecule is COc1ccc(CN(C(=O)CCc2ccc(S(=O)(=O)N3CCCC3)cc2)[C@@H](Cc2ccccc2)C(=O)NCc2ccc(C)cc2)cc1. The lowest BCUT2D eigenvalue weighted by Gasteiger charge is -2.32. The zero-order chi connectivity index (χ0) is 33.2. The molecule has 4 aromatic carbocycles. The number of hydrogen-bond donors (Lipinski definition) is 1. The summed E-state index contributed by atoms with van der Waals surface area (Å²) in [7, 11) is -1.91. The number of amides is 2. The Balaban J connectivity index is 1.37. The Hall–Kier alpha value is -4.47. The lowest BCUT2D eigenvalue weighted by atomic mass is 10.0. The van der Waals surface area contributed by atoms with E-state index in [9.17, 15) is 18.0 Å². The topological polar surface area (TPSA) is 96.0 Å². The predicted octanol–water partition coefficient (Wildman–Crippen LogP) is 5.68. The van der Waals surface area contributed by atoms with Gasteiger partial charge >= 0.3 is 0 Å². The van der Waals surface area contributed by atoms with Crippen molar-refractivity contribution in [3.8, 4) is 5.75 Å². The van der Waals surface area contributed by atoms with Crippen LogP contribution in [0.4, 0.5) is 0 Å². The van der Waals surface area contributed by atoms with Gasteiger partial charge in [-0.3, -0.25) is 9.59 Å². The van der Waals surface area contributed by atoms with Crippen molar-refractivity contribution in [2.45, 2.75) is 63.1 Å². The molecule has 1 aliphatic rings. The van der Waals surface area contributed by atoms with Crippen molar-refractivity contribution >= 4 is 21.8 Å². The van der Waals surface area contributed by atoms with Crippen molar-refractivity contribution < 1.29 is 22.7 Å². The molecule has 0 unspecified atom stereocenters. The van der Waals surface area contributed by atoms with Crippen LogP contribution in [0.1, 0.15) is 47.1 Å². The van der Waals surface area contributed by atoms with Gasteiger partial charge in [-0.1, -0.05) is 84.4 Å². The number of ether oxygens (including phenoxy) is 1. The first-order chi connectivity index (χ1) is 22.7. The molecule has 5 rings (SSSR count). The van der Waals surface area contributed by atoms with Crippen LogP contribution in [0.15, 0.2) is 108 Å². The minimum absolute atomic E-state index is 0.158. The molecule has 0 bridgehead atoms. The molecule has 4 aromatic rings. The third-order valence-corrected chi connectivity index (χ3v) is 10.5. The van der Waals surface area contributed by atoms with Gasteiger partial charge in [0.25, 0.3) is 0 Å². The van der Waals surface area contributed by atoms with Crippen molar-refractivity contribution in [1.29, 1.82) is 0 Å². The first-order valence-corrected chi connectivity index (χ1v) is 17.6. The van der Waals surface area contributed by atoms with E-state index in [-0.39, 0.29) is 29.7 Å². The molecule has 0 radical (unpaired) electrons.